The number of nitrogen functional groups attached to an aromatic ring is 1. The van der Waals surface area contributed by atoms with Crippen molar-refractivity contribution in [3.8, 4) is 0 Å². The van der Waals surface area contributed by atoms with E-state index in [1.165, 1.54) is 12.8 Å². The Balaban J connectivity index is 2.07. The van der Waals surface area contributed by atoms with Gasteiger partial charge in [-0.1, -0.05) is 6.92 Å². The van der Waals surface area contributed by atoms with Crippen molar-refractivity contribution in [1.29, 1.82) is 0 Å². The zero-order chi connectivity index (χ0) is 13.2. The number of nitrogens with one attached hydrogen (secondary N) is 1. The van der Waals surface area contributed by atoms with Gasteiger partial charge in [0.15, 0.2) is 0 Å². The average Bonchev–Trinajstić information content (AvgIpc) is 3.07. The number of carbonyl (C=O) groups excluding carboxylic acids is 1. The fourth-order valence-electron chi connectivity index (χ4n) is 1.76. The Morgan fingerprint density at radius 1 is 1.50 bits per heavy atom. The van der Waals surface area contributed by atoms with Crippen LogP contribution in [0.1, 0.15) is 37.0 Å². The van der Waals surface area contributed by atoms with Crippen molar-refractivity contribution in [1.82, 2.24) is 0 Å². The molecular weight excluding hydrogens is 228 g/mol. The van der Waals surface area contributed by atoms with E-state index in [9.17, 15) is 4.79 Å². The van der Waals surface area contributed by atoms with Crippen LogP contribution in [0.4, 0.5) is 11.4 Å². The van der Waals surface area contributed by atoms with Crippen molar-refractivity contribution >= 4 is 17.3 Å². The highest BCUT2D eigenvalue weighted by Crippen LogP contribution is 2.44. The van der Waals surface area contributed by atoms with E-state index >= 15 is 0 Å². The predicted octanol–water partition coefficient (Wildman–Crippen LogP) is 2.66. The first kappa shape index (κ1) is 12.7. The minimum atomic E-state index is -0.365. The minimum absolute atomic E-state index is 0.355. The molecule has 4 nitrogen and oxygen atoms in total. The number of rotatable bonds is 5. The Kier molecular flexibility index (Phi) is 3.45. The van der Waals surface area contributed by atoms with E-state index in [-0.39, 0.29) is 5.97 Å². The molecule has 3 N–H and O–H groups in total. The van der Waals surface area contributed by atoms with Gasteiger partial charge in [-0.2, -0.15) is 0 Å². The molecule has 1 saturated carbocycles. The van der Waals surface area contributed by atoms with Crippen LogP contribution < -0.4 is 11.1 Å². The molecule has 2 rings (SSSR count). The summed E-state index contributed by atoms with van der Waals surface area (Å²) in [6, 6.07) is 5.40. The van der Waals surface area contributed by atoms with Crippen molar-refractivity contribution in [3.63, 3.8) is 0 Å². The summed E-state index contributed by atoms with van der Waals surface area (Å²) in [6.07, 6.45) is 2.53. The van der Waals surface area contributed by atoms with Gasteiger partial charge in [0.2, 0.25) is 0 Å². The third-order valence-electron chi connectivity index (χ3n) is 3.37. The second kappa shape index (κ2) is 4.88. The molecule has 1 aromatic rings. The Labute approximate surface area is 108 Å². The lowest BCUT2D eigenvalue weighted by atomic mass is 10.1. The molecule has 98 valence electrons. The lowest BCUT2D eigenvalue weighted by Crippen LogP contribution is -2.13. The molecule has 0 aromatic heterocycles. The second-order valence-corrected chi connectivity index (χ2v) is 5.19. The number of hydrogen-bond donors (Lipinski definition) is 2. The molecule has 1 fully saturated rings. The summed E-state index contributed by atoms with van der Waals surface area (Å²) in [5.74, 6) is -0.365. The summed E-state index contributed by atoms with van der Waals surface area (Å²) in [4.78, 5) is 11.7. The average molecular weight is 248 g/mol. The van der Waals surface area contributed by atoms with Gasteiger partial charge in [-0.05, 0) is 43.4 Å². The SMILES string of the molecule is CCOC(=O)c1cc(NCC2(C)CC2)ccc1N. The number of benzene rings is 1. The van der Waals surface area contributed by atoms with E-state index in [4.69, 9.17) is 10.5 Å². The molecule has 0 aliphatic heterocycles. The predicted molar refractivity (Wildman–Crippen MR) is 72.6 cm³/mol. The molecule has 1 aliphatic rings. The summed E-state index contributed by atoms with van der Waals surface area (Å²) in [6.45, 7) is 5.32. The third kappa shape index (κ3) is 2.94. The van der Waals surface area contributed by atoms with E-state index < -0.39 is 0 Å². The standard InChI is InChI=1S/C14H20N2O2/c1-3-18-13(17)11-8-10(4-5-12(11)15)16-9-14(2)6-7-14/h4-5,8,16H,3,6-7,9,15H2,1-2H3. The van der Waals surface area contributed by atoms with Crippen LogP contribution in [0.15, 0.2) is 18.2 Å². The fraction of sp³-hybridized carbons (Fsp3) is 0.500. The van der Waals surface area contributed by atoms with Crippen molar-refractivity contribution in [2.45, 2.75) is 26.7 Å². The maximum Gasteiger partial charge on any atom is 0.340 e. The molecule has 4 heteroatoms. The number of nitrogens with two attached hydrogens (primary N) is 1. The van der Waals surface area contributed by atoms with E-state index in [1.54, 1.807) is 19.1 Å². The maximum atomic E-state index is 11.7. The summed E-state index contributed by atoms with van der Waals surface area (Å²) in [5.41, 5.74) is 8.01. The highest BCUT2D eigenvalue weighted by molar-refractivity contribution is 5.96. The first-order valence-corrected chi connectivity index (χ1v) is 6.34. The van der Waals surface area contributed by atoms with Crippen LogP contribution in [0, 0.1) is 5.41 Å². The molecule has 0 atom stereocenters. The van der Waals surface area contributed by atoms with E-state index in [1.807, 2.05) is 6.07 Å². The van der Waals surface area contributed by atoms with Gasteiger partial charge < -0.3 is 15.8 Å². The lowest BCUT2D eigenvalue weighted by Gasteiger charge is -2.13. The molecule has 0 unspecified atom stereocenters. The van der Waals surface area contributed by atoms with Crippen molar-refractivity contribution in [3.05, 3.63) is 23.8 Å². The molecule has 0 radical (unpaired) electrons. The summed E-state index contributed by atoms with van der Waals surface area (Å²) >= 11 is 0. The van der Waals surface area contributed by atoms with Crippen molar-refractivity contribution in [2.75, 3.05) is 24.2 Å². The quantitative estimate of drug-likeness (QED) is 0.621. The lowest BCUT2D eigenvalue weighted by molar-refractivity contribution is 0.0527. The highest BCUT2D eigenvalue weighted by atomic mass is 16.5. The van der Waals surface area contributed by atoms with Crippen LogP contribution in [0.5, 0.6) is 0 Å². The highest BCUT2D eigenvalue weighted by Gasteiger charge is 2.36. The van der Waals surface area contributed by atoms with Crippen LogP contribution in [0.2, 0.25) is 0 Å². The van der Waals surface area contributed by atoms with Crippen molar-refractivity contribution < 1.29 is 9.53 Å². The molecule has 0 bridgehead atoms. The van der Waals surface area contributed by atoms with Gasteiger partial charge in [0.05, 0.1) is 12.2 Å². The maximum absolute atomic E-state index is 11.7. The van der Waals surface area contributed by atoms with E-state index in [0.29, 0.717) is 23.3 Å². The number of anilines is 2. The second-order valence-electron chi connectivity index (χ2n) is 5.19. The topological polar surface area (TPSA) is 64.3 Å². The van der Waals surface area contributed by atoms with Crippen LogP contribution in [0.3, 0.4) is 0 Å². The summed E-state index contributed by atoms with van der Waals surface area (Å²) in [7, 11) is 0. The summed E-state index contributed by atoms with van der Waals surface area (Å²) in [5, 5.41) is 3.35. The van der Waals surface area contributed by atoms with Gasteiger partial charge >= 0.3 is 5.97 Å². The van der Waals surface area contributed by atoms with Gasteiger partial charge in [0.25, 0.3) is 0 Å². The van der Waals surface area contributed by atoms with E-state index in [0.717, 1.165) is 12.2 Å². The number of ether oxygens (including phenoxy) is 1. The molecular formula is C14H20N2O2. The smallest absolute Gasteiger partial charge is 0.340 e. The Bertz CT molecular complexity index is 453. The van der Waals surface area contributed by atoms with Gasteiger partial charge in [0.1, 0.15) is 0 Å². The van der Waals surface area contributed by atoms with E-state index in [2.05, 4.69) is 12.2 Å². The molecule has 0 spiro atoms. The Hall–Kier alpha value is -1.71. The molecule has 0 amide bonds. The molecule has 0 saturated heterocycles. The zero-order valence-electron chi connectivity index (χ0n) is 11.0. The Morgan fingerprint density at radius 2 is 2.22 bits per heavy atom. The fourth-order valence-corrected chi connectivity index (χ4v) is 1.76. The third-order valence-corrected chi connectivity index (χ3v) is 3.37. The summed E-state index contributed by atoms with van der Waals surface area (Å²) < 4.78 is 4.97. The molecule has 0 heterocycles. The zero-order valence-corrected chi connectivity index (χ0v) is 11.0. The van der Waals surface area contributed by atoms with Crippen molar-refractivity contribution in [2.24, 2.45) is 5.41 Å². The van der Waals surface area contributed by atoms with Crippen LogP contribution >= 0.6 is 0 Å². The number of hydrogen-bond acceptors (Lipinski definition) is 4. The first-order valence-electron chi connectivity index (χ1n) is 6.34. The molecule has 18 heavy (non-hydrogen) atoms. The number of esters is 1. The molecule has 1 aromatic carbocycles. The molecule has 1 aliphatic carbocycles. The monoisotopic (exact) mass is 248 g/mol. The van der Waals surface area contributed by atoms with Gasteiger partial charge in [-0.3, -0.25) is 0 Å². The Morgan fingerprint density at radius 3 is 2.83 bits per heavy atom. The van der Waals surface area contributed by atoms with Crippen LogP contribution in [-0.2, 0) is 4.74 Å². The van der Waals surface area contributed by atoms with Crippen LogP contribution in [0.25, 0.3) is 0 Å². The van der Waals surface area contributed by atoms with Gasteiger partial charge in [0, 0.05) is 17.9 Å². The number of carbonyl (C=O) groups is 1. The first-order chi connectivity index (χ1) is 8.54. The van der Waals surface area contributed by atoms with Crippen LogP contribution in [-0.4, -0.2) is 19.1 Å². The minimum Gasteiger partial charge on any atom is -0.462 e. The normalized spacial score (nSPS) is 16.1. The van der Waals surface area contributed by atoms with Gasteiger partial charge in [-0.15, -0.1) is 0 Å². The largest absolute Gasteiger partial charge is 0.462 e. The van der Waals surface area contributed by atoms with Gasteiger partial charge in [-0.25, -0.2) is 4.79 Å².